The number of aromatic nitrogens is 2. The van der Waals surface area contributed by atoms with E-state index in [0.717, 1.165) is 33.7 Å². The van der Waals surface area contributed by atoms with E-state index < -0.39 is 23.6 Å². The Morgan fingerprint density at radius 1 is 1.03 bits per heavy atom. The lowest BCUT2D eigenvalue weighted by Crippen LogP contribution is -2.27. The average molecular weight is 513 g/mol. The second kappa shape index (κ2) is 10.8. The molecule has 0 radical (unpaired) electrons. The fraction of sp³-hybridized carbons (Fsp3) is 0.133. The van der Waals surface area contributed by atoms with E-state index in [4.69, 9.17) is 5.73 Å². The third-order valence-electron chi connectivity index (χ3n) is 6.52. The van der Waals surface area contributed by atoms with E-state index in [2.05, 4.69) is 15.3 Å². The number of benzene rings is 3. The number of phenols is 1. The SMILES string of the molecule is NC(=O)c1cccc(-c2cccnc2[C@H](Cc2cc(F)cc(F)c2)NCCc2c[nH]c3ccc(O)cc23)c1. The van der Waals surface area contributed by atoms with Crippen molar-refractivity contribution >= 4 is 16.8 Å². The summed E-state index contributed by atoms with van der Waals surface area (Å²) in [4.78, 5) is 19.6. The smallest absolute Gasteiger partial charge is 0.248 e. The van der Waals surface area contributed by atoms with Crippen LogP contribution < -0.4 is 11.1 Å². The van der Waals surface area contributed by atoms with Crippen LogP contribution in [0.1, 0.15) is 33.2 Å². The fourth-order valence-corrected chi connectivity index (χ4v) is 4.76. The molecular weight excluding hydrogens is 486 g/mol. The number of hydrogen-bond acceptors (Lipinski definition) is 4. The largest absolute Gasteiger partial charge is 0.508 e. The summed E-state index contributed by atoms with van der Waals surface area (Å²) >= 11 is 0. The number of halogens is 2. The summed E-state index contributed by atoms with van der Waals surface area (Å²) < 4.78 is 28.0. The first kappa shape index (κ1) is 25.1. The highest BCUT2D eigenvalue weighted by atomic mass is 19.1. The van der Waals surface area contributed by atoms with Crippen LogP contribution in [0.5, 0.6) is 5.75 Å². The van der Waals surface area contributed by atoms with Crippen LogP contribution in [0.2, 0.25) is 0 Å². The monoisotopic (exact) mass is 512 g/mol. The van der Waals surface area contributed by atoms with Gasteiger partial charge in [0, 0.05) is 40.5 Å². The number of pyridine rings is 1. The number of nitrogens with two attached hydrogens (primary N) is 1. The molecule has 0 saturated carbocycles. The van der Waals surface area contributed by atoms with Crippen LogP contribution in [-0.2, 0) is 12.8 Å². The highest BCUT2D eigenvalue weighted by Crippen LogP contribution is 2.30. The molecule has 5 N–H and O–H groups in total. The van der Waals surface area contributed by atoms with E-state index in [9.17, 15) is 18.7 Å². The number of carbonyl (C=O) groups excluding carboxylic acids is 1. The molecule has 0 spiro atoms. The minimum absolute atomic E-state index is 0.189. The number of nitrogens with one attached hydrogen (secondary N) is 2. The summed E-state index contributed by atoms with van der Waals surface area (Å²) in [5, 5.41) is 14.4. The number of H-pyrrole nitrogens is 1. The summed E-state index contributed by atoms with van der Waals surface area (Å²) in [5.41, 5.74) is 10.5. The van der Waals surface area contributed by atoms with Crippen molar-refractivity contribution in [3.8, 4) is 16.9 Å². The number of amides is 1. The first-order valence-electron chi connectivity index (χ1n) is 12.2. The predicted octanol–water partition coefficient (Wildman–Crippen LogP) is 5.43. The summed E-state index contributed by atoms with van der Waals surface area (Å²) in [6.07, 6.45) is 4.49. The molecule has 5 aromatic rings. The maximum atomic E-state index is 14.0. The number of phenolic OH excluding ortho intramolecular Hbond substituents is 1. The topological polar surface area (TPSA) is 104 Å². The molecule has 0 aliphatic heterocycles. The zero-order chi connectivity index (χ0) is 26.6. The van der Waals surface area contributed by atoms with E-state index in [-0.39, 0.29) is 12.2 Å². The molecule has 0 aliphatic rings. The number of fused-ring (bicyclic) bond motifs is 1. The molecule has 6 nitrogen and oxygen atoms in total. The Hall–Kier alpha value is -4.56. The Morgan fingerprint density at radius 3 is 2.63 bits per heavy atom. The van der Waals surface area contributed by atoms with Gasteiger partial charge in [-0.15, -0.1) is 0 Å². The van der Waals surface area contributed by atoms with Crippen molar-refractivity contribution in [2.75, 3.05) is 6.54 Å². The lowest BCUT2D eigenvalue weighted by molar-refractivity contribution is 0.100. The van der Waals surface area contributed by atoms with Crippen molar-refractivity contribution < 1.29 is 18.7 Å². The second-order valence-electron chi connectivity index (χ2n) is 9.16. The fourth-order valence-electron chi connectivity index (χ4n) is 4.76. The second-order valence-corrected chi connectivity index (χ2v) is 9.16. The van der Waals surface area contributed by atoms with E-state index in [1.165, 1.54) is 12.1 Å². The lowest BCUT2D eigenvalue weighted by atomic mass is 9.94. The standard InChI is InChI=1S/C30H26F2N4O2/c31-22-11-18(12-23(32)15-22)13-28(34-10-8-21-17-36-27-7-6-24(37)16-26(21)27)29-25(5-2-9-35-29)19-3-1-4-20(14-19)30(33)38/h1-7,9,11-12,14-17,28,34,36-37H,8,10,13H2,(H2,33,38)/t28-/m0/s1. The van der Waals surface area contributed by atoms with Gasteiger partial charge >= 0.3 is 0 Å². The Bertz CT molecular complexity index is 1600. The van der Waals surface area contributed by atoms with Crippen LogP contribution in [0.4, 0.5) is 8.78 Å². The van der Waals surface area contributed by atoms with Gasteiger partial charge in [0.2, 0.25) is 5.91 Å². The molecule has 0 saturated heterocycles. The van der Waals surface area contributed by atoms with Crippen molar-refractivity contribution in [2.24, 2.45) is 5.73 Å². The molecule has 8 heteroatoms. The molecule has 0 bridgehead atoms. The number of primary amides is 1. The molecule has 1 atom stereocenters. The molecular formula is C30H26F2N4O2. The quantitative estimate of drug-likeness (QED) is 0.211. The number of aromatic amines is 1. The van der Waals surface area contributed by atoms with E-state index in [1.54, 1.807) is 42.6 Å². The van der Waals surface area contributed by atoms with Gasteiger partial charge in [-0.3, -0.25) is 9.78 Å². The Kier molecular flexibility index (Phi) is 7.15. The first-order chi connectivity index (χ1) is 18.4. The summed E-state index contributed by atoms with van der Waals surface area (Å²) in [6.45, 7) is 0.530. The van der Waals surface area contributed by atoms with Crippen LogP contribution in [-0.4, -0.2) is 27.5 Å². The van der Waals surface area contributed by atoms with E-state index in [1.807, 2.05) is 24.4 Å². The number of nitrogens with zero attached hydrogens (tertiary/aromatic N) is 1. The van der Waals surface area contributed by atoms with Gasteiger partial charge < -0.3 is 21.1 Å². The number of hydrogen-bond donors (Lipinski definition) is 4. The van der Waals surface area contributed by atoms with Crippen LogP contribution >= 0.6 is 0 Å². The average Bonchev–Trinajstić information content (AvgIpc) is 3.29. The maximum Gasteiger partial charge on any atom is 0.248 e. The normalized spacial score (nSPS) is 12.1. The molecule has 0 unspecified atom stereocenters. The zero-order valence-electron chi connectivity index (χ0n) is 20.4. The third-order valence-corrected chi connectivity index (χ3v) is 6.52. The van der Waals surface area contributed by atoms with Crippen molar-refractivity contribution in [1.29, 1.82) is 0 Å². The number of rotatable bonds is 9. The van der Waals surface area contributed by atoms with Crippen LogP contribution in [0.3, 0.4) is 0 Å². The van der Waals surface area contributed by atoms with Crippen molar-refractivity contribution in [3.05, 3.63) is 119 Å². The van der Waals surface area contributed by atoms with Crippen molar-refractivity contribution in [1.82, 2.24) is 15.3 Å². The molecule has 0 aliphatic carbocycles. The highest BCUT2D eigenvalue weighted by molar-refractivity contribution is 5.94. The molecule has 5 rings (SSSR count). The lowest BCUT2D eigenvalue weighted by Gasteiger charge is -2.22. The van der Waals surface area contributed by atoms with Crippen molar-refractivity contribution in [3.63, 3.8) is 0 Å². The Labute approximate surface area is 218 Å². The molecule has 1 amide bonds. The predicted molar refractivity (Wildman–Crippen MR) is 143 cm³/mol. The molecule has 192 valence electrons. The van der Waals surface area contributed by atoms with Crippen LogP contribution in [0.25, 0.3) is 22.0 Å². The van der Waals surface area contributed by atoms with Gasteiger partial charge in [0.05, 0.1) is 11.7 Å². The maximum absolute atomic E-state index is 14.0. The van der Waals surface area contributed by atoms with Gasteiger partial charge in [-0.2, -0.15) is 0 Å². The molecule has 0 fully saturated rings. The minimum Gasteiger partial charge on any atom is -0.508 e. The Balaban J connectivity index is 1.47. The molecule has 38 heavy (non-hydrogen) atoms. The van der Waals surface area contributed by atoms with Gasteiger partial charge in [0.1, 0.15) is 17.4 Å². The number of aromatic hydroxyl groups is 1. The highest BCUT2D eigenvalue weighted by Gasteiger charge is 2.20. The van der Waals surface area contributed by atoms with E-state index in [0.29, 0.717) is 29.8 Å². The zero-order valence-corrected chi connectivity index (χ0v) is 20.4. The van der Waals surface area contributed by atoms with Crippen molar-refractivity contribution in [2.45, 2.75) is 18.9 Å². The van der Waals surface area contributed by atoms with Gasteiger partial charge in [-0.1, -0.05) is 18.2 Å². The van der Waals surface area contributed by atoms with Gasteiger partial charge in [-0.05, 0) is 84.6 Å². The van der Waals surface area contributed by atoms with Gasteiger partial charge in [-0.25, -0.2) is 8.78 Å². The summed E-state index contributed by atoms with van der Waals surface area (Å²) in [6, 6.07) is 18.9. The van der Waals surface area contributed by atoms with E-state index >= 15 is 0 Å². The summed E-state index contributed by atoms with van der Waals surface area (Å²) in [5.74, 6) is -1.64. The molecule has 2 heterocycles. The van der Waals surface area contributed by atoms with Crippen LogP contribution in [0, 0.1) is 11.6 Å². The molecule has 2 aromatic heterocycles. The van der Waals surface area contributed by atoms with Gasteiger partial charge in [0.15, 0.2) is 0 Å². The third kappa shape index (κ3) is 5.55. The van der Waals surface area contributed by atoms with Crippen LogP contribution in [0.15, 0.2) is 85.2 Å². The number of carbonyl (C=O) groups is 1. The summed E-state index contributed by atoms with van der Waals surface area (Å²) in [7, 11) is 0. The first-order valence-corrected chi connectivity index (χ1v) is 12.2. The molecule has 3 aromatic carbocycles. The Morgan fingerprint density at radius 2 is 1.84 bits per heavy atom. The van der Waals surface area contributed by atoms with Gasteiger partial charge in [0.25, 0.3) is 0 Å². The minimum atomic E-state index is -0.646.